The summed E-state index contributed by atoms with van der Waals surface area (Å²) >= 11 is 0. The minimum Gasteiger partial charge on any atom is -0.481 e. The first kappa shape index (κ1) is 17.0. The van der Waals surface area contributed by atoms with E-state index >= 15 is 0 Å². The number of rotatable bonds is 10. The Morgan fingerprint density at radius 1 is 1.29 bits per heavy atom. The number of nitrogens with one attached hydrogen (secondary N) is 2. The number of carboxylic acids is 1. The molecule has 7 nitrogen and oxygen atoms in total. The van der Waals surface area contributed by atoms with Gasteiger partial charge in [0, 0.05) is 38.4 Å². The highest BCUT2D eigenvalue weighted by Crippen LogP contribution is 2.14. The van der Waals surface area contributed by atoms with E-state index in [1.54, 1.807) is 12.5 Å². The molecular weight excluding hydrogens is 272 g/mol. The normalized spacial score (nSPS) is 11.9. The molecule has 0 aliphatic carbocycles. The van der Waals surface area contributed by atoms with Gasteiger partial charge in [-0.2, -0.15) is 0 Å². The third-order valence-corrected chi connectivity index (χ3v) is 3.40. The lowest BCUT2D eigenvalue weighted by molar-refractivity contribution is -0.137. The van der Waals surface area contributed by atoms with Gasteiger partial charge in [0.15, 0.2) is 0 Å². The van der Waals surface area contributed by atoms with Crippen LogP contribution in [0.4, 0.5) is 4.79 Å². The van der Waals surface area contributed by atoms with Crippen LogP contribution in [-0.2, 0) is 11.3 Å². The molecule has 0 aliphatic heterocycles. The molecule has 1 rings (SSSR count). The first-order valence-electron chi connectivity index (χ1n) is 7.31. The number of amides is 2. The van der Waals surface area contributed by atoms with E-state index < -0.39 is 5.97 Å². The molecule has 118 valence electrons. The molecule has 0 spiro atoms. The summed E-state index contributed by atoms with van der Waals surface area (Å²) in [6, 6.07) is -0.191. The molecule has 2 amide bonds. The minimum absolute atomic E-state index is 0.190. The number of hydrogen-bond acceptors (Lipinski definition) is 3. The topological polar surface area (TPSA) is 96.3 Å². The number of nitrogens with zero attached hydrogens (tertiary/aromatic N) is 2. The van der Waals surface area contributed by atoms with Gasteiger partial charge in [-0.1, -0.05) is 13.3 Å². The van der Waals surface area contributed by atoms with Crippen molar-refractivity contribution in [2.75, 3.05) is 13.1 Å². The van der Waals surface area contributed by atoms with Gasteiger partial charge in [0.2, 0.25) is 0 Å². The van der Waals surface area contributed by atoms with E-state index in [1.807, 2.05) is 17.7 Å². The summed E-state index contributed by atoms with van der Waals surface area (Å²) < 4.78 is 1.89. The number of carbonyl (C=O) groups excluding carboxylic acids is 1. The molecule has 1 aromatic rings. The molecule has 1 heterocycles. The number of carbonyl (C=O) groups is 2. The van der Waals surface area contributed by atoms with Crippen LogP contribution in [0.3, 0.4) is 0 Å². The summed E-state index contributed by atoms with van der Waals surface area (Å²) in [5.74, 6) is -0.425. The van der Waals surface area contributed by atoms with Gasteiger partial charge in [0.1, 0.15) is 0 Å². The molecule has 1 atom stereocenters. The molecule has 0 radical (unpaired) electrons. The second kappa shape index (κ2) is 9.79. The van der Waals surface area contributed by atoms with E-state index in [1.165, 1.54) is 0 Å². The zero-order valence-electron chi connectivity index (χ0n) is 12.4. The summed E-state index contributed by atoms with van der Waals surface area (Å²) in [6.45, 7) is 3.83. The van der Waals surface area contributed by atoms with Gasteiger partial charge in [0.25, 0.3) is 0 Å². The van der Waals surface area contributed by atoms with Gasteiger partial charge in [-0.3, -0.25) is 4.79 Å². The fourth-order valence-corrected chi connectivity index (χ4v) is 2.05. The zero-order chi connectivity index (χ0) is 15.5. The number of aliphatic carboxylic acids is 1. The van der Waals surface area contributed by atoms with Gasteiger partial charge >= 0.3 is 12.0 Å². The fraction of sp³-hybridized carbons (Fsp3) is 0.643. The summed E-state index contributed by atoms with van der Waals surface area (Å²) in [7, 11) is 0. The standard InChI is InChI=1S/C14H24N4O3/c1-2-12(3-4-13(19)20)5-6-16-14(21)17-8-10-18-9-7-15-11-18/h7,9,11-12H,2-6,8,10H2,1H3,(H,19,20)(H2,16,17,21). The van der Waals surface area contributed by atoms with Crippen molar-refractivity contribution in [2.24, 2.45) is 5.92 Å². The van der Waals surface area contributed by atoms with E-state index in [9.17, 15) is 9.59 Å². The predicted molar refractivity (Wildman–Crippen MR) is 78.9 cm³/mol. The first-order valence-corrected chi connectivity index (χ1v) is 7.31. The molecule has 0 aromatic carbocycles. The Balaban J connectivity index is 2.07. The van der Waals surface area contributed by atoms with Crippen molar-refractivity contribution in [3.63, 3.8) is 0 Å². The summed E-state index contributed by atoms with van der Waals surface area (Å²) in [5, 5.41) is 14.2. The molecular formula is C14H24N4O3. The maximum Gasteiger partial charge on any atom is 0.314 e. The third-order valence-electron chi connectivity index (χ3n) is 3.40. The number of carboxylic acid groups (broad SMARTS) is 1. The predicted octanol–water partition coefficient (Wildman–Crippen LogP) is 1.46. The van der Waals surface area contributed by atoms with Crippen LogP contribution in [0.15, 0.2) is 18.7 Å². The van der Waals surface area contributed by atoms with Crippen molar-refractivity contribution < 1.29 is 14.7 Å². The minimum atomic E-state index is -0.765. The lowest BCUT2D eigenvalue weighted by Gasteiger charge is -2.14. The molecule has 0 saturated carbocycles. The van der Waals surface area contributed by atoms with Crippen molar-refractivity contribution in [1.82, 2.24) is 20.2 Å². The molecule has 1 unspecified atom stereocenters. The van der Waals surface area contributed by atoms with Crippen LogP contribution < -0.4 is 10.6 Å². The Morgan fingerprint density at radius 2 is 2.05 bits per heavy atom. The quantitative estimate of drug-likeness (QED) is 0.609. The van der Waals surface area contributed by atoms with Crippen LogP contribution in [0.2, 0.25) is 0 Å². The van der Waals surface area contributed by atoms with Crippen molar-refractivity contribution >= 4 is 12.0 Å². The van der Waals surface area contributed by atoms with Crippen LogP contribution >= 0.6 is 0 Å². The Bertz CT molecular complexity index is 420. The van der Waals surface area contributed by atoms with Crippen LogP contribution in [0.1, 0.15) is 32.6 Å². The maximum atomic E-state index is 11.6. The summed E-state index contributed by atoms with van der Waals surface area (Å²) in [6.07, 6.45) is 7.82. The van der Waals surface area contributed by atoms with E-state index in [0.717, 1.165) is 12.8 Å². The third kappa shape index (κ3) is 7.96. The van der Waals surface area contributed by atoms with Gasteiger partial charge in [0.05, 0.1) is 6.33 Å². The largest absolute Gasteiger partial charge is 0.481 e. The molecule has 0 bridgehead atoms. The second-order valence-corrected chi connectivity index (χ2v) is 4.98. The molecule has 0 saturated heterocycles. The van der Waals surface area contributed by atoms with Crippen LogP contribution in [0.5, 0.6) is 0 Å². The second-order valence-electron chi connectivity index (χ2n) is 4.98. The Morgan fingerprint density at radius 3 is 2.67 bits per heavy atom. The van der Waals surface area contributed by atoms with Gasteiger partial charge in [-0.05, 0) is 18.8 Å². The van der Waals surface area contributed by atoms with Crippen LogP contribution in [0, 0.1) is 5.92 Å². The molecule has 21 heavy (non-hydrogen) atoms. The number of hydrogen-bond donors (Lipinski definition) is 3. The van der Waals surface area contributed by atoms with Crippen molar-refractivity contribution in [3.8, 4) is 0 Å². The molecule has 0 fully saturated rings. The fourth-order valence-electron chi connectivity index (χ4n) is 2.05. The van der Waals surface area contributed by atoms with Crippen LogP contribution in [0.25, 0.3) is 0 Å². The highest BCUT2D eigenvalue weighted by Gasteiger charge is 2.09. The van der Waals surface area contributed by atoms with Crippen molar-refractivity contribution in [2.45, 2.75) is 39.2 Å². The SMILES string of the molecule is CCC(CCNC(=O)NCCn1ccnc1)CCC(=O)O. The van der Waals surface area contributed by atoms with Gasteiger partial charge in [-0.25, -0.2) is 9.78 Å². The van der Waals surface area contributed by atoms with E-state index in [0.29, 0.717) is 32.0 Å². The maximum absolute atomic E-state index is 11.6. The average molecular weight is 296 g/mol. The number of imidazole rings is 1. The Kier molecular flexibility index (Phi) is 7.93. The molecule has 7 heteroatoms. The van der Waals surface area contributed by atoms with Crippen molar-refractivity contribution in [1.29, 1.82) is 0 Å². The Labute approximate surface area is 124 Å². The first-order chi connectivity index (χ1) is 10.1. The zero-order valence-corrected chi connectivity index (χ0v) is 12.4. The molecule has 3 N–H and O–H groups in total. The van der Waals surface area contributed by atoms with Gasteiger partial charge in [-0.15, -0.1) is 0 Å². The van der Waals surface area contributed by atoms with E-state index in [-0.39, 0.29) is 12.5 Å². The highest BCUT2D eigenvalue weighted by molar-refractivity contribution is 5.73. The number of urea groups is 1. The smallest absolute Gasteiger partial charge is 0.314 e. The highest BCUT2D eigenvalue weighted by atomic mass is 16.4. The van der Waals surface area contributed by atoms with Gasteiger partial charge < -0.3 is 20.3 Å². The van der Waals surface area contributed by atoms with E-state index in [4.69, 9.17) is 5.11 Å². The van der Waals surface area contributed by atoms with E-state index in [2.05, 4.69) is 15.6 Å². The average Bonchev–Trinajstić information content (AvgIpc) is 2.95. The molecule has 0 aliphatic rings. The van der Waals surface area contributed by atoms with Crippen LogP contribution in [-0.4, -0.2) is 39.7 Å². The lowest BCUT2D eigenvalue weighted by atomic mass is 9.97. The lowest BCUT2D eigenvalue weighted by Crippen LogP contribution is -2.38. The molecule has 1 aromatic heterocycles. The number of aromatic nitrogens is 2. The van der Waals surface area contributed by atoms with Crippen molar-refractivity contribution in [3.05, 3.63) is 18.7 Å². The summed E-state index contributed by atoms with van der Waals surface area (Å²) in [5.41, 5.74) is 0. The monoisotopic (exact) mass is 296 g/mol. The Hall–Kier alpha value is -2.05. The summed E-state index contributed by atoms with van der Waals surface area (Å²) in [4.78, 5) is 26.0.